The van der Waals surface area contributed by atoms with Gasteiger partial charge in [0.2, 0.25) is 0 Å². The number of rotatable bonds is 2. The molecule has 0 aliphatic heterocycles. The maximum atomic E-state index is 12.0. The van der Waals surface area contributed by atoms with E-state index in [4.69, 9.17) is 6.57 Å². The third-order valence-electron chi connectivity index (χ3n) is 3.25. The lowest BCUT2D eigenvalue weighted by molar-refractivity contribution is 0.993. The summed E-state index contributed by atoms with van der Waals surface area (Å²) in [5.41, 5.74) is 3.17. The highest BCUT2D eigenvalue weighted by atomic mass is 16.1. The summed E-state index contributed by atoms with van der Waals surface area (Å²) >= 11 is 0. The van der Waals surface area contributed by atoms with Crippen molar-refractivity contribution in [3.8, 4) is 16.8 Å². The lowest BCUT2D eigenvalue weighted by Crippen LogP contribution is -2.16. The van der Waals surface area contributed by atoms with Crippen LogP contribution in [-0.2, 0) is 0 Å². The van der Waals surface area contributed by atoms with Gasteiger partial charge < -0.3 is 0 Å². The standard InChI is InChI=1S/C18H12N2O/c1-19-16-7-5-6-14(12-16)15-10-11-18(21)20(13-15)17-8-3-2-4-9-17/h2-13H. The zero-order valence-corrected chi connectivity index (χ0v) is 11.2. The van der Waals surface area contributed by atoms with Crippen LogP contribution in [0, 0.1) is 6.57 Å². The Morgan fingerprint density at radius 1 is 0.857 bits per heavy atom. The predicted octanol–water partition coefficient (Wildman–Crippen LogP) is 4.06. The van der Waals surface area contributed by atoms with Gasteiger partial charge >= 0.3 is 0 Å². The molecule has 0 amide bonds. The maximum Gasteiger partial charge on any atom is 0.255 e. The molecule has 21 heavy (non-hydrogen) atoms. The largest absolute Gasteiger partial charge is 0.284 e. The molecule has 0 unspecified atom stereocenters. The summed E-state index contributed by atoms with van der Waals surface area (Å²) in [6.45, 7) is 7.08. The molecule has 0 aliphatic carbocycles. The van der Waals surface area contributed by atoms with Crippen LogP contribution in [0.15, 0.2) is 77.7 Å². The predicted molar refractivity (Wildman–Crippen MR) is 83.7 cm³/mol. The van der Waals surface area contributed by atoms with Gasteiger partial charge in [-0.3, -0.25) is 9.36 Å². The fourth-order valence-corrected chi connectivity index (χ4v) is 2.20. The number of hydrogen-bond acceptors (Lipinski definition) is 1. The summed E-state index contributed by atoms with van der Waals surface area (Å²) in [5, 5.41) is 0. The highest BCUT2D eigenvalue weighted by Crippen LogP contribution is 2.23. The van der Waals surface area contributed by atoms with E-state index in [9.17, 15) is 4.79 Å². The second kappa shape index (κ2) is 5.48. The van der Waals surface area contributed by atoms with Crippen molar-refractivity contribution in [2.45, 2.75) is 0 Å². The van der Waals surface area contributed by atoms with Crippen LogP contribution in [0.4, 0.5) is 5.69 Å². The molecular formula is C18H12N2O. The molecule has 0 aliphatic rings. The number of hydrogen-bond donors (Lipinski definition) is 0. The molecule has 0 saturated heterocycles. The Balaban J connectivity index is 2.14. The van der Waals surface area contributed by atoms with E-state index < -0.39 is 0 Å². The van der Waals surface area contributed by atoms with E-state index in [2.05, 4.69) is 4.85 Å². The molecule has 0 N–H and O–H groups in total. The van der Waals surface area contributed by atoms with E-state index in [0.717, 1.165) is 16.8 Å². The molecule has 0 bridgehead atoms. The van der Waals surface area contributed by atoms with Gasteiger partial charge in [-0.15, -0.1) is 0 Å². The fourth-order valence-electron chi connectivity index (χ4n) is 2.20. The van der Waals surface area contributed by atoms with Gasteiger partial charge in [-0.25, -0.2) is 4.85 Å². The third kappa shape index (κ3) is 2.60. The molecule has 3 aromatic rings. The normalized spacial score (nSPS) is 10.0. The molecule has 0 atom stereocenters. The van der Waals surface area contributed by atoms with Gasteiger partial charge in [0.1, 0.15) is 0 Å². The summed E-state index contributed by atoms with van der Waals surface area (Å²) < 4.78 is 1.61. The van der Waals surface area contributed by atoms with Gasteiger partial charge in [-0.05, 0) is 35.4 Å². The SMILES string of the molecule is [C-]#[N+]c1cccc(-c2ccc(=O)n(-c3ccccc3)c2)c1. The van der Waals surface area contributed by atoms with Crippen molar-refractivity contribution < 1.29 is 0 Å². The van der Waals surface area contributed by atoms with E-state index in [-0.39, 0.29) is 5.56 Å². The molecule has 3 rings (SSSR count). The quantitative estimate of drug-likeness (QED) is 0.646. The van der Waals surface area contributed by atoms with Crippen LogP contribution < -0.4 is 5.56 Å². The van der Waals surface area contributed by atoms with Crippen molar-refractivity contribution in [2.75, 3.05) is 0 Å². The lowest BCUT2D eigenvalue weighted by atomic mass is 10.1. The smallest absolute Gasteiger partial charge is 0.255 e. The van der Waals surface area contributed by atoms with Crippen LogP contribution in [0.1, 0.15) is 0 Å². The minimum absolute atomic E-state index is 0.0775. The van der Waals surface area contributed by atoms with Crippen molar-refractivity contribution in [3.05, 3.63) is 94.7 Å². The molecule has 1 aromatic heterocycles. The maximum absolute atomic E-state index is 12.0. The first-order valence-electron chi connectivity index (χ1n) is 6.54. The Morgan fingerprint density at radius 2 is 1.67 bits per heavy atom. The average Bonchev–Trinajstić information content (AvgIpc) is 2.56. The van der Waals surface area contributed by atoms with E-state index in [1.54, 1.807) is 29.0 Å². The summed E-state index contributed by atoms with van der Waals surface area (Å²) in [6.07, 6.45) is 1.81. The Hall–Kier alpha value is -3.12. The van der Waals surface area contributed by atoms with E-state index in [1.807, 2.05) is 48.5 Å². The van der Waals surface area contributed by atoms with Gasteiger partial charge in [0.25, 0.3) is 5.56 Å². The average molecular weight is 272 g/mol. The van der Waals surface area contributed by atoms with Crippen molar-refractivity contribution in [1.29, 1.82) is 0 Å². The Labute approximate surface area is 122 Å². The van der Waals surface area contributed by atoms with Crippen LogP contribution in [0.3, 0.4) is 0 Å². The van der Waals surface area contributed by atoms with Crippen molar-refractivity contribution in [1.82, 2.24) is 4.57 Å². The van der Waals surface area contributed by atoms with Gasteiger partial charge in [0.15, 0.2) is 5.69 Å². The van der Waals surface area contributed by atoms with Gasteiger partial charge in [-0.1, -0.05) is 36.4 Å². The fraction of sp³-hybridized carbons (Fsp3) is 0. The Morgan fingerprint density at radius 3 is 2.43 bits per heavy atom. The lowest BCUT2D eigenvalue weighted by Gasteiger charge is -2.08. The molecule has 0 fully saturated rings. The van der Waals surface area contributed by atoms with E-state index in [0.29, 0.717) is 5.69 Å². The third-order valence-corrected chi connectivity index (χ3v) is 3.25. The van der Waals surface area contributed by atoms with Crippen molar-refractivity contribution in [3.63, 3.8) is 0 Å². The second-order valence-electron chi connectivity index (χ2n) is 4.62. The molecule has 1 heterocycles. The summed E-state index contributed by atoms with van der Waals surface area (Å²) in [5.74, 6) is 0. The first-order valence-corrected chi connectivity index (χ1v) is 6.54. The first kappa shape index (κ1) is 12.9. The van der Waals surface area contributed by atoms with Gasteiger partial charge in [0, 0.05) is 18.0 Å². The molecule has 3 heteroatoms. The second-order valence-corrected chi connectivity index (χ2v) is 4.62. The first-order chi connectivity index (χ1) is 10.3. The number of aromatic nitrogens is 1. The summed E-state index contributed by atoms with van der Waals surface area (Å²) in [6, 6.07) is 20.2. The van der Waals surface area contributed by atoms with Gasteiger partial charge in [-0.2, -0.15) is 0 Å². The van der Waals surface area contributed by atoms with Crippen LogP contribution in [0.2, 0.25) is 0 Å². The number of pyridine rings is 1. The topological polar surface area (TPSA) is 26.4 Å². The number of nitrogens with zero attached hydrogens (tertiary/aromatic N) is 2. The summed E-state index contributed by atoms with van der Waals surface area (Å²) in [4.78, 5) is 15.5. The molecule has 0 saturated carbocycles. The molecule has 0 spiro atoms. The Bertz CT molecular complexity index is 873. The molecule has 2 aromatic carbocycles. The molecule has 100 valence electrons. The molecular weight excluding hydrogens is 260 g/mol. The van der Waals surface area contributed by atoms with Crippen molar-refractivity contribution in [2.24, 2.45) is 0 Å². The van der Waals surface area contributed by atoms with E-state index in [1.165, 1.54) is 0 Å². The zero-order valence-electron chi connectivity index (χ0n) is 11.2. The minimum atomic E-state index is -0.0775. The zero-order chi connectivity index (χ0) is 14.7. The van der Waals surface area contributed by atoms with Crippen LogP contribution in [-0.4, -0.2) is 4.57 Å². The van der Waals surface area contributed by atoms with Crippen LogP contribution in [0.25, 0.3) is 21.7 Å². The van der Waals surface area contributed by atoms with Gasteiger partial charge in [0.05, 0.1) is 6.57 Å². The Kier molecular flexibility index (Phi) is 3.36. The molecule has 3 nitrogen and oxygen atoms in total. The highest BCUT2D eigenvalue weighted by Gasteiger charge is 2.04. The highest BCUT2D eigenvalue weighted by molar-refractivity contribution is 5.68. The van der Waals surface area contributed by atoms with Crippen LogP contribution >= 0.6 is 0 Å². The van der Waals surface area contributed by atoms with Crippen LogP contribution in [0.5, 0.6) is 0 Å². The minimum Gasteiger partial charge on any atom is -0.284 e. The number of para-hydroxylation sites is 1. The van der Waals surface area contributed by atoms with E-state index >= 15 is 0 Å². The monoisotopic (exact) mass is 272 g/mol. The summed E-state index contributed by atoms with van der Waals surface area (Å²) in [7, 11) is 0. The number of benzene rings is 2. The van der Waals surface area contributed by atoms with Crippen molar-refractivity contribution >= 4 is 5.69 Å². The molecule has 0 radical (unpaired) electrons.